The summed E-state index contributed by atoms with van der Waals surface area (Å²) in [5.41, 5.74) is 1.39. The fraction of sp³-hybridized carbons (Fsp3) is 0.688. The molecule has 5 heteroatoms. The number of hydrogen-bond donors (Lipinski definition) is 2. The number of thioether (sulfide) groups is 1. The van der Waals surface area contributed by atoms with Crippen molar-refractivity contribution in [3.8, 4) is 0 Å². The first-order valence-electron chi connectivity index (χ1n) is 7.82. The number of rotatable bonds is 6. The van der Waals surface area contributed by atoms with Crippen LogP contribution in [0.25, 0.3) is 0 Å². The van der Waals surface area contributed by atoms with Crippen LogP contribution in [0.3, 0.4) is 0 Å². The van der Waals surface area contributed by atoms with Crippen molar-refractivity contribution >= 4 is 29.1 Å². The fourth-order valence-corrected chi connectivity index (χ4v) is 4.27. The standard InChI is InChI=1S/C16H27N3S2/c1-4-17-16(19-14-5-6-15(9-14)20-3)18-10-12(2)13-7-8-21-11-13/h7-8,11-12,14-15H,4-6,9-10H2,1-3H3,(H2,17,18,19). The van der Waals surface area contributed by atoms with Crippen molar-refractivity contribution in [1.82, 2.24) is 10.6 Å². The van der Waals surface area contributed by atoms with Gasteiger partial charge in [0.1, 0.15) is 0 Å². The van der Waals surface area contributed by atoms with Gasteiger partial charge in [0.05, 0.1) is 0 Å². The van der Waals surface area contributed by atoms with Gasteiger partial charge < -0.3 is 10.6 Å². The summed E-state index contributed by atoms with van der Waals surface area (Å²) in [5.74, 6) is 1.46. The van der Waals surface area contributed by atoms with Crippen LogP contribution >= 0.6 is 23.1 Å². The number of guanidine groups is 1. The first-order chi connectivity index (χ1) is 10.2. The molecule has 2 rings (SSSR count). The number of nitrogens with one attached hydrogen (secondary N) is 2. The smallest absolute Gasteiger partial charge is 0.191 e. The van der Waals surface area contributed by atoms with E-state index in [9.17, 15) is 0 Å². The Hall–Kier alpha value is -0.680. The summed E-state index contributed by atoms with van der Waals surface area (Å²) in [6, 6.07) is 2.78. The quantitative estimate of drug-likeness (QED) is 0.618. The molecule has 1 aromatic heterocycles. The lowest BCUT2D eigenvalue weighted by Crippen LogP contribution is -2.42. The zero-order valence-corrected chi connectivity index (χ0v) is 14.9. The molecule has 3 nitrogen and oxygen atoms in total. The lowest BCUT2D eigenvalue weighted by atomic mass is 10.1. The molecule has 0 aromatic carbocycles. The largest absolute Gasteiger partial charge is 0.357 e. The molecule has 2 N–H and O–H groups in total. The predicted molar refractivity (Wildman–Crippen MR) is 96.8 cm³/mol. The first kappa shape index (κ1) is 16.7. The fourth-order valence-electron chi connectivity index (χ4n) is 2.69. The summed E-state index contributed by atoms with van der Waals surface area (Å²) in [5, 5.41) is 12.2. The highest BCUT2D eigenvalue weighted by Crippen LogP contribution is 2.28. The maximum absolute atomic E-state index is 4.78. The first-order valence-corrected chi connectivity index (χ1v) is 10.1. The van der Waals surface area contributed by atoms with E-state index in [0.29, 0.717) is 12.0 Å². The maximum Gasteiger partial charge on any atom is 0.191 e. The SMILES string of the molecule is CCNC(=NCC(C)c1ccsc1)NC1CCC(SC)C1. The van der Waals surface area contributed by atoms with Crippen LogP contribution in [0.1, 0.15) is 44.6 Å². The van der Waals surface area contributed by atoms with Crippen LogP contribution in [-0.4, -0.2) is 36.6 Å². The van der Waals surface area contributed by atoms with Gasteiger partial charge >= 0.3 is 0 Å². The van der Waals surface area contributed by atoms with E-state index in [4.69, 9.17) is 4.99 Å². The molecule has 118 valence electrons. The van der Waals surface area contributed by atoms with Gasteiger partial charge in [0, 0.05) is 30.3 Å². The van der Waals surface area contributed by atoms with Crippen LogP contribution in [-0.2, 0) is 0 Å². The van der Waals surface area contributed by atoms with E-state index >= 15 is 0 Å². The normalized spacial score (nSPS) is 24.0. The Morgan fingerprint density at radius 3 is 3.00 bits per heavy atom. The predicted octanol–water partition coefficient (Wildman–Crippen LogP) is 3.69. The Morgan fingerprint density at radius 2 is 2.38 bits per heavy atom. The Bertz CT molecular complexity index is 431. The van der Waals surface area contributed by atoms with Crippen molar-refractivity contribution in [1.29, 1.82) is 0 Å². The molecule has 21 heavy (non-hydrogen) atoms. The van der Waals surface area contributed by atoms with Crippen molar-refractivity contribution in [2.24, 2.45) is 4.99 Å². The maximum atomic E-state index is 4.78. The zero-order valence-electron chi connectivity index (χ0n) is 13.3. The molecule has 1 aliphatic rings. The van der Waals surface area contributed by atoms with E-state index < -0.39 is 0 Å². The van der Waals surface area contributed by atoms with Crippen molar-refractivity contribution in [2.45, 2.75) is 50.3 Å². The van der Waals surface area contributed by atoms with Crippen LogP contribution in [0.2, 0.25) is 0 Å². The number of hydrogen-bond acceptors (Lipinski definition) is 3. The highest BCUT2D eigenvalue weighted by molar-refractivity contribution is 7.99. The highest BCUT2D eigenvalue weighted by atomic mass is 32.2. The summed E-state index contributed by atoms with van der Waals surface area (Å²) in [6.45, 7) is 6.12. The molecule has 3 atom stereocenters. The number of aliphatic imine (C=N–C) groups is 1. The molecule has 1 aromatic rings. The minimum Gasteiger partial charge on any atom is -0.357 e. The van der Waals surface area contributed by atoms with E-state index in [1.807, 2.05) is 11.8 Å². The van der Waals surface area contributed by atoms with Crippen LogP contribution in [0.5, 0.6) is 0 Å². The van der Waals surface area contributed by atoms with E-state index in [1.54, 1.807) is 11.3 Å². The third kappa shape index (κ3) is 5.22. The van der Waals surface area contributed by atoms with Gasteiger partial charge in [-0.2, -0.15) is 23.1 Å². The van der Waals surface area contributed by atoms with Crippen LogP contribution in [0.15, 0.2) is 21.8 Å². The van der Waals surface area contributed by atoms with Gasteiger partial charge in [-0.15, -0.1) is 0 Å². The van der Waals surface area contributed by atoms with Gasteiger partial charge in [0.2, 0.25) is 0 Å². The summed E-state index contributed by atoms with van der Waals surface area (Å²) in [7, 11) is 0. The van der Waals surface area contributed by atoms with Crippen molar-refractivity contribution in [3.63, 3.8) is 0 Å². The lowest BCUT2D eigenvalue weighted by Gasteiger charge is -2.18. The van der Waals surface area contributed by atoms with Crippen molar-refractivity contribution < 1.29 is 0 Å². The van der Waals surface area contributed by atoms with Gasteiger partial charge in [-0.25, -0.2) is 0 Å². The van der Waals surface area contributed by atoms with Gasteiger partial charge in [0.25, 0.3) is 0 Å². The van der Waals surface area contributed by atoms with Crippen molar-refractivity contribution in [2.75, 3.05) is 19.3 Å². The number of nitrogens with zero attached hydrogens (tertiary/aromatic N) is 1. The highest BCUT2D eigenvalue weighted by Gasteiger charge is 2.24. The molecule has 0 aliphatic heterocycles. The third-order valence-electron chi connectivity index (χ3n) is 4.04. The molecular formula is C16H27N3S2. The molecule has 3 unspecified atom stereocenters. The minimum atomic E-state index is 0.481. The van der Waals surface area contributed by atoms with Crippen molar-refractivity contribution in [3.05, 3.63) is 22.4 Å². The van der Waals surface area contributed by atoms with E-state index in [-0.39, 0.29) is 0 Å². The Balaban J connectivity index is 1.87. The topological polar surface area (TPSA) is 36.4 Å². The molecule has 1 heterocycles. The molecule has 0 bridgehead atoms. The molecule has 1 saturated carbocycles. The average molecular weight is 326 g/mol. The molecule has 0 radical (unpaired) electrons. The second-order valence-electron chi connectivity index (χ2n) is 5.69. The van der Waals surface area contributed by atoms with E-state index in [1.165, 1.54) is 24.8 Å². The average Bonchev–Trinajstić information content (AvgIpc) is 3.16. The molecule has 0 amide bonds. The van der Waals surface area contributed by atoms with Crippen LogP contribution < -0.4 is 10.6 Å². The summed E-state index contributed by atoms with van der Waals surface area (Å²) < 4.78 is 0. The van der Waals surface area contributed by atoms with E-state index in [0.717, 1.165) is 24.3 Å². The molecule has 1 aliphatic carbocycles. The summed E-state index contributed by atoms with van der Waals surface area (Å²) >= 11 is 3.75. The summed E-state index contributed by atoms with van der Waals surface area (Å²) in [6.07, 6.45) is 6.06. The third-order valence-corrected chi connectivity index (χ3v) is 5.83. The van der Waals surface area contributed by atoms with Gasteiger partial charge in [-0.1, -0.05) is 6.92 Å². The van der Waals surface area contributed by atoms with E-state index in [2.05, 4.69) is 47.6 Å². The minimum absolute atomic E-state index is 0.481. The Kier molecular flexibility index (Phi) is 6.90. The number of thiophene rings is 1. The second-order valence-corrected chi connectivity index (χ2v) is 7.61. The van der Waals surface area contributed by atoms with Gasteiger partial charge in [-0.05, 0) is 54.8 Å². The Labute approximate surface area is 137 Å². The molecule has 1 fully saturated rings. The molecule has 0 saturated heterocycles. The summed E-state index contributed by atoms with van der Waals surface area (Å²) in [4.78, 5) is 4.78. The zero-order chi connectivity index (χ0) is 15.1. The molecular weight excluding hydrogens is 298 g/mol. The van der Waals surface area contributed by atoms with Gasteiger partial charge in [-0.3, -0.25) is 4.99 Å². The van der Waals surface area contributed by atoms with Gasteiger partial charge in [0.15, 0.2) is 5.96 Å². The van der Waals surface area contributed by atoms with Crippen LogP contribution in [0, 0.1) is 0 Å². The molecule has 0 spiro atoms. The lowest BCUT2D eigenvalue weighted by molar-refractivity contribution is 0.612. The Morgan fingerprint density at radius 1 is 1.52 bits per heavy atom. The van der Waals surface area contributed by atoms with Crippen LogP contribution in [0.4, 0.5) is 0 Å². The second kappa shape index (κ2) is 8.69. The monoisotopic (exact) mass is 325 g/mol.